The zero-order valence-corrected chi connectivity index (χ0v) is 8.22. The first-order valence-corrected chi connectivity index (χ1v) is 4.79. The Hall–Kier alpha value is -1.24. The number of aromatic amines is 1. The summed E-state index contributed by atoms with van der Waals surface area (Å²) < 4.78 is 0. The summed E-state index contributed by atoms with van der Waals surface area (Å²) >= 11 is 0. The third kappa shape index (κ3) is 1.46. The first-order valence-electron chi connectivity index (χ1n) is 4.79. The highest BCUT2D eigenvalue weighted by atomic mass is 14.6. The van der Waals surface area contributed by atoms with Crippen molar-refractivity contribution in [1.29, 1.82) is 0 Å². The highest BCUT2D eigenvalue weighted by molar-refractivity contribution is 5.57. The van der Waals surface area contributed by atoms with Crippen LogP contribution in [-0.4, -0.2) is 4.98 Å². The molecule has 1 heteroatoms. The maximum Gasteiger partial charge on any atom is 0.0445 e. The van der Waals surface area contributed by atoms with E-state index in [1.54, 1.807) is 0 Å². The van der Waals surface area contributed by atoms with Crippen molar-refractivity contribution in [2.75, 3.05) is 0 Å². The van der Waals surface area contributed by atoms with E-state index in [2.05, 4.69) is 37.0 Å². The van der Waals surface area contributed by atoms with Crippen LogP contribution in [0.25, 0.3) is 11.1 Å². The van der Waals surface area contributed by atoms with Crippen LogP contribution < -0.4 is 10.6 Å². The molecule has 1 aliphatic carbocycles. The molecular weight excluding hydrogens is 158 g/mol. The Morgan fingerprint density at radius 1 is 1.31 bits per heavy atom. The van der Waals surface area contributed by atoms with E-state index in [4.69, 9.17) is 0 Å². The fraction of sp³-hybridized carbons (Fsp3) is 0.333. The van der Waals surface area contributed by atoms with Crippen molar-refractivity contribution < 1.29 is 0 Å². The smallest absolute Gasteiger partial charge is 0.0445 e. The van der Waals surface area contributed by atoms with Crippen molar-refractivity contribution in [3.05, 3.63) is 35.0 Å². The van der Waals surface area contributed by atoms with Gasteiger partial charge < -0.3 is 4.98 Å². The van der Waals surface area contributed by atoms with Crippen LogP contribution in [0.15, 0.2) is 24.4 Å². The molecule has 0 unspecified atom stereocenters. The standard InChI is InChI=1S/C12H15N/c1-9-5-3-4-6-10(2)12-11(9)7-8-13-12/h3,5,7-8,13H,4,6H2,1-2H3. The summed E-state index contributed by atoms with van der Waals surface area (Å²) in [6.45, 7) is 4.38. The van der Waals surface area contributed by atoms with Gasteiger partial charge in [-0.25, -0.2) is 0 Å². The van der Waals surface area contributed by atoms with Gasteiger partial charge in [-0.3, -0.25) is 0 Å². The van der Waals surface area contributed by atoms with Gasteiger partial charge in [0.15, 0.2) is 0 Å². The summed E-state index contributed by atoms with van der Waals surface area (Å²) in [6.07, 6.45) is 8.82. The lowest BCUT2D eigenvalue weighted by molar-refractivity contribution is 1.03. The SMILES string of the molecule is CC1=c2cc[nH]c2=C(C)CCC=C1. The minimum Gasteiger partial charge on any atom is -0.361 e. The summed E-state index contributed by atoms with van der Waals surface area (Å²) in [4.78, 5) is 3.31. The van der Waals surface area contributed by atoms with Crippen LogP contribution in [0.4, 0.5) is 0 Å². The molecule has 1 N–H and O–H groups in total. The molecule has 68 valence electrons. The van der Waals surface area contributed by atoms with Gasteiger partial charge in [0, 0.05) is 16.8 Å². The van der Waals surface area contributed by atoms with E-state index >= 15 is 0 Å². The lowest BCUT2D eigenvalue weighted by Gasteiger charge is -2.01. The van der Waals surface area contributed by atoms with Gasteiger partial charge in [0.2, 0.25) is 0 Å². The largest absolute Gasteiger partial charge is 0.361 e. The number of hydrogen-bond donors (Lipinski definition) is 1. The molecule has 0 aliphatic heterocycles. The van der Waals surface area contributed by atoms with Crippen LogP contribution in [0, 0.1) is 0 Å². The number of nitrogens with one attached hydrogen (secondary N) is 1. The monoisotopic (exact) mass is 173 g/mol. The van der Waals surface area contributed by atoms with Gasteiger partial charge in [-0.05, 0) is 43.9 Å². The van der Waals surface area contributed by atoms with E-state index in [0.29, 0.717) is 0 Å². The Kier molecular flexibility index (Phi) is 2.09. The van der Waals surface area contributed by atoms with E-state index in [1.807, 2.05) is 6.20 Å². The van der Waals surface area contributed by atoms with Crippen LogP contribution >= 0.6 is 0 Å². The zero-order valence-electron chi connectivity index (χ0n) is 8.22. The van der Waals surface area contributed by atoms with Gasteiger partial charge in [-0.2, -0.15) is 0 Å². The first-order chi connectivity index (χ1) is 6.29. The molecule has 0 aromatic carbocycles. The van der Waals surface area contributed by atoms with E-state index in [-0.39, 0.29) is 0 Å². The molecule has 13 heavy (non-hydrogen) atoms. The quantitative estimate of drug-likeness (QED) is 0.614. The Morgan fingerprint density at radius 2 is 2.15 bits per heavy atom. The number of rotatable bonds is 0. The van der Waals surface area contributed by atoms with Gasteiger partial charge in [0.05, 0.1) is 0 Å². The van der Waals surface area contributed by atoms with Gasteiger partial charge >= 0.3 is 0 Å². The summed E-state index contributed by atoms with van der Waals surface area (Å²) in [5.41, 5.74) is 2.82. The first kappa shape index (κ1) is 8.36. The minimum atomic E-state index is 1.15. The second-order valence-corrected chi connectivity index (χ2v) is 3.67. The van der Waals surface area contributed by atoms with Crippen molar-refractivity contribution in [3.63, 3.8) is 0 Å². The second-order valence-electron chi connectivity index (χ2n) is 3.67. The highest BCUT2D eigenvalue weighted by Crippen LogP contribution is 2.06. The van der Waals surface area contributed by atoms with Crippen LogP contribution in [0.3, 0.4) is 0 Å². The predicted octanol–water partition coefficient (Wildman–Crippen LogP) is 1.71. The number of aromatic nitrogens is 1. The van der Waals surface area contributed by atoms with E-state index < -0.39 is 0 Å². The molecule has 0 fully saturated rings. The molecule has 1 nitrogen and oxygen atoms in total. The van der Waals surface area contributed by atoms with Crippen molar-refractivity contribution in [1.82, 2.24) is 4.98 Å². The van der Waals surface area contributed by atoms with Gasteiger partial charge in [-0.1, -0.05) is 12.2 Å². The summed E-state index contributed by atoms with van der Waals surface area (Å²) in [5, 5.41) is 2.68. The zero-order chi connectivity index (χ0) is 9.26. The molecule has 0 radical (unpaired) electrons. The summed E-state index contributed by atoms with van der Waals surface area (Å²) in [7, 11) is 0. The van der Waals surface area contributed by atoms with E-state index in [0.717, 1.165) is 12.8 Å². The summed E-state index contributed by atoms with van der Waals surface area (Å²) in [6, 6.07) is 2.16. The average Bonchev–Trinajstić information content (AvgIpc) is 2.57. The van der Waals surface area contributed by atoms with E-state index in [9.17, 15) is 0 Å². The van der Waals surface area contributed by atoms with Crippen LogP contribution in [0.2, 0.25) is 0 Å². The molecule has 0 bridgehead atoms. The van der Waals surface area contributed by atoms with Gasteiger partial charge in [-0.15, -0.1) is 0 Å². The molecule has 1 aliphatic rings. The Morgan fingerprint density at radius 3 is 3.00 bits per heavy atom. The molecule has 0 atom stereocenters. The van der Waals surface area contributed by atoms with Gasteiger partial charge in [0.25, 0.3) is 0 Å². The molecule has 1 aromatic heterocycles. The lowest BCUT2D eigenvalue weighted by Crippen LogP contribution is -2.26. The summed E-state index contributed by atoms with van der Waals surface area (Å²) in [5.74, 6) is 0. The van der Waals surface area contributed by atoms with E-state index in [1.165, 1.54) is 21.7 Å². The molecule has 0 spiro atoms. The third-order valence-corrected chi connectivity index (χ3v) is 2.65. The fourth-order valence-corrected chi connectivity index (χ4v) is 1.83. The minimum absolute atomic E-state index is 1.15. The molecule has 2 rings (SSSR count). The number of fused-ring (bicyclic) bond motifs is 1. The number of hydrogen-bond acceptors (Lipinski definition) is 0. The normalized spacial score (nSPS) is 16.8. The molecule has 1 heterocycles. The topological polar surface area (TPSA) is 15.8 Å². The molecular formula is C12H15N. The second kappa shape index (κ2) is 3.25. The predicted molar refractivity (Wildman–Crippen MR) is 56.6 cm³/mol. The Labute approximate surface area is 78.5 Å². The third-order valence-electron chi connectivity index (χ3n) is 2.65. The van der Waals surface area contributed by atoms with Crippen molar-refractivity contribution >= 4 is 11.1 Å². The maximum absolute atomic E-state index is 3.31. The molecule has 0 amide bonds. The Bertz CT molecular complexity index is 446. The molecule has 1 aromatic rings. The van der Waals surface area contributed by atoms with Gasteiger partial charge in [0.1, 0.15) is 0 Å². The lowest BCUT2D eigenvalue weighted by atomic mass is 10.1. The average molecular weight is 173 g/mol. The number of allylic oxidation sites excluding steroid dienone is 2. The van der Waals surface area contributed by atoms with Crippen LogP contribution in [-0.2, 0) is 0 Å². The van der Waals surface area contributed by atoms with Crippen LogP contribution in [0.5, 0.6) is 0 Å². The van der Waals surface area contributed by atoms with Crippen molar-refractivity contribution in [2.45, 2.75) is 26.7 Å². The van der Waals surface area contributed by atoms with Crippen molar-refractivity contribution in [3.8, 4) is 0 Å². The highest BCUT2D eigenvalue weighted by Gasteiger charge is 1.98. The Balaban J connectivity index is 2.86. The molecule has 0 saturated heterocycles. The van der Waals surface area contributed by atoms with Crippen molar-refractivity contribution in [2.24, 2.45) is 0 Å². The fourth-order valence-electron chi connectivity index (χ4n) is 1.83. The van der Waals surface area contributed by atoms with Crippen LogP contribution in [0.1, 0.15) is 26.7 Å². The number of H-pyrrole nitrogens is 1. The molecule has 0 saturated carbocycles. The maximum atomic E-state index is 3.31.